The van der Waals surface area contributed by atoms with Gasteiger partial charge >= 0.3 is 0 Å². The van der Waals surface area contributed by atoms with E-state index >= 15 is 0 Å². The van der Waals surface area contributed by atoms with E-state index in [1.807, 2.05) is 70.2 Å². The number of hydrogen-bond donors (Lipinski definition) is 8. The van der Waals surface area contributed by atoms with Crippen molar-refractivity contribution in [3.05, 3.63) is 324 Å². The van der Waals surface area contributed by atoms with Gasteiger partial charge < -0.3 is 30.7 Å². The minimum absolute atomic E-state index is 0.0398. The van der Waals surface area contributed by atoms with Crippen LogP contribution in [0.25, 0.3) is 0 Å². The zero-order valence-electron chi connectivity index (χ0n) is 75.1. The molecule has 140 heavy (non-hydrogen) atoms. The van der Waals surface area contributed by atoms with Gasteiger partial charge in [0.25, 0.3) is 40.5 Å². The lowest BCUT2D eigenvalue weighted by molar-refractivity contribution is 0.314. The minimum Gasteiger partial charge on any atom is -0.493 e. The lowest BCUT2D eigenvalue weighted by atomic mass is 10.0. The largest absolute Gasteiger partial charge is 0.493 e. The van der Waals surface area contributed by atoms with Crippen LogP contribution in [0.4, 0.5) is 138 Å². The van der Waals surface area contributed by atoms with Crippen molar-refractivity contribution in [2.45, 2.75) is 86.8 Å². The van der Waals surface area contributed by atoms with Crippen LogP contribution in [0.15, 0.2) is 380 Å². The zero-order valence-corrected chi connectivity index (χ0v) is 78.4. The molecule has 0 unspecified atom stereocenters. The van der Waals surface area contributed by atoms with Gasteiger partial charge in [-0.3, -0.25) is 18.2 Å². The van der Waals surface area contributed by atoms with Crippen molar-refractivity contribution in [3.63, 3.8) is 0 Å². The van der Waals surface area contributed by atoms with Crippen LogP contribution in [0.3, 0.4) is 0 Å². The molecule has 15 aromatic rings. The fourth-order valence-corrected chi connectivity index (χ4v) is 15.4. The summed E-state index contributed by atoms with van der Waals surface area (Å²) in [5, 5.41) is 82.3. The van der Waals surface area contributed by atoms with Gasteiger partial charge in [-0.05, 0) is 287 Å². The third-order valence-corrected chi connectivity index (χ3v) is 23.7. The second kappa shape index (κ2) is 44.3. The van der Waals surface area contributed by atoms with Crippen molar-refractivity contribution in [1.29, 1.82) is 0 Å². The molecule has 13 aromatic carbocycles. The number of aryl methyl sites for hydroxylation is 4. The highest BCUT2D eigenvalue weighted by Gasteiger charge is 2.23. The number of benzene rings is 13. The number of anilines is 8. The van der Waals surface area contributed by atoms with Crippen molar-refractivity contribution in [3.8, 4) is 11.5 Å². The summed E-state index contributed by atoms with van der Waals surface area (Å²) < 4.78 is 150. The summed E-state index contributed by atoms with van der Waals surface area (Å²) in [4.78, 5) is 27.9. The highest BCUT2D eigenvalue weighted by atomic mass is 32.2. The van der Waals surface area contributed by atoms with Crippen LogP contribution in [0.1, 0.15) is 71.7 Å². The van der Waals surface area contributed by atoms with Gasteiger partial charge in [0.1, 0.15) is 44.3 Å². The van der Waals surface area contributed by atoms with Crippen LogP contribution in [-0.4, -0.2) is 95.0 Å². The van der Waals surface area contributed by atoms with E-state index in [0.29, 0.717) is 145 Å². The topological polar surface area (TPSA) is 559 Å². The highest BCUT2D eigenvalue weighted by molar-refractivity contribution is 7.86. The number of nitrogens with one attached hydrogen (secondary N) is 4. The molecule has 2 heterocycles. The quantitative estimate of drug-likeness (QED) is 0.0132. The van der Waals surface area contributed by atoms with Crippen LogP contribution >= 0.6 is 0 Å². The first-order chi connectivity index (χ1) is 67.3. The first-order valence-electron chi connectivity index (χ1n) is 42.7. The average Bonchev–Trinajstić information content (AvgIpc) is 0.806. The highest BCUT2D eigenvalue weighted by Crippen LogP contribution is 2.41. The number of rotatable bonds is 38. The van der Waals surface area contributed by atoms with Crippen molar-refractivity contribution < 1.29 is 61.4 Å². The third-order valence-electron chi connectivity index (χ3n) is 20.2. The Morgan fingerprint density at radius 2 is 0.593 bits per heavy atom. The lowest BCUT2D eigenvalue weighted by Crippen LogP contribution is -2.10. The Morgan fingerprint density at radius 3 is 1.01 bits per heavy atom. The van der Waals surface area contributed by atoms with Gasteiger partial charge in [0.05, 0.1) is 108 Å². The second-order valence-corrected chi connectivity index (χ2v) is 36.5. The fourth-order valence-electron chi connectivity index (χ4n) is 13.2. The van der Waals surface area contributed by atoms with E-state index in [4.69, 9.17) is 39.4 Å². The van der Waals surface area contributed by atoms with Crippen molar-refractivity contribution >= 4 is 178 Å². The molecule has 0 bridgehead atoms. The average molecular weight is 1950 g/mol. The van der Waals surface area contributed by atoms with Gasteiger partial charge in [-0.2, -0.15) is 130 Å². The summed E-state index contributed by atoms with van der Waals surface area (Å²) in [7, 11) is -18.4. The molecule has 0 atom stereocenters. The predicted molar refractivity (Wildman–Crippen MR) is 525 cm³/mol. The Morgan fingerprint density at radius 1 is 0.271 bits per heavy atom. The molecule has 0 aliphatic rings. The van der Waals surface area contributed by atoms with E-state index in [-0.39, 0.29) is 81.5 Å². The first kappa shape index (κ1) is 97.7. The molecule has 0 amide bonds. The molecule has 40 nitrogen and oxygen atoms in total. The standard InChI is InChI=1S/C96H84N26O14S4/c1-7-47-135-87-57-84(121-119-82-45-37-76(55-89(82)139(129,130)131)115-107-67-15-11-9-12-16-67)60(4)50-64(87)54-92-101-91(53-63-19-43-80(59(3)49-63)117-113-71-28-24-69(25-29-71)109-111-73-32-39-78(40-33-73)137(123,124)125)102-93(103-92)97-65-20-22-66(23-21-65)98-94-104-95(99-75-36-44-81(61(5)51-75)118-114-72-30-26-70(27-31-72)110-112-74-34-41-79(42-35-74)138(126,127)128)106-96(105-94)100-86-52-62(6)85(58-88(86)136-48-8-2)122-120-83-46-38-77(56-90(83)140(132,133)134)116-108-68-17-13-10-14-18-68/h9-46,49-52,55-58H,7-8,47-48,53-54H2,1-6H3,(H,123,124,125)(H,126,127,128)(H,129,130,131)(H,132,133,134)(H,97,101,102,103)(H3,98,99,100,104,105,106). The molecule has 8 N–H and O–H groups in total. The number of nitrogens with zero attached hydrogens (tertiary/aromatic N) is 22. The molecule has 15 rings (SSSR count). The summed E-state index contributed by atoms with van der Waals surface area (Å²) >= 11 is 0. The Balaban J connectivity index is 0.716. The number of azo groups is 8. The van der Waals surface area contributed by atoms with Crippen molar-refractivity contribution in [2.24, 2.45) is 81.8 Å². The maximum Gasteiger partial charge on any atom is 0.296 e. The van der Waals surface area contributed by atoms with Crippen LogP contribution in [-0.2, 0) is 53.3 Å². The number of ether oxygens (including phenoxy) is 2. The molecule has 706 valence electrons. The summed E-state index contributed by atoms with van der Waals surface area (Å²) in [5.41, 5.74) is 11.6. The monoisotopic (exact) mass is 1950 g/mol. The lowest BCUT2D eigenvalue weighted by Gasteiger charge is -2.16. The zero-order chi connectivity index (χ0) is 98.5. The fraction of sp³-hybridized carbons (Fsp3) is 0.125. The van der Waals surface area contributed by atoms with E-state index in [1.165, 1.54) is 72.8 Å². The van der Waals surface area contributed by atoms with Gasteiger partial charge in [0.2, 0.25) is 23.8 Å². The van der Waals surface area contributed by atoms with E-state index in [9.17, 15) is 51.9 Å². The van der Waals surface area contributed by atoms with E-state index in [1.54, 1.807) is 166 Å². The van der Waals surface area contributed by atoms with Crippen LogP contribution < -0.4 is 30.7 Å². The SMILES string of the molecule is CCCOc1cc(N=Nc2ccc(N=Nc3ccccc3)cc2S(=O)(=O)O)c(C)cc1Cc1nc(Cc2ccc(N=Nc3ccc(N=Nc4ccc(S(=O)(=O)O)cc4)cc3)c(C)c2)nc(Nc2ccc(Nc3nc(Nc4ccc(N=Nc5ccc(N=Nc6ccc(S(=O)(=O)O)cc6)cc5)c(C)c4)nc(Nc4cc(C)c(N=Nc5ccc(N=Nc6ccccc6)cc5S(=O)(=O)O)cc4OCCC)n3)cc2)n1. The van der Waals surface area contributed by atoms with Crippen LogP contribution in [0.2, 0.25) is 0 Å². The summed E-state index contributed by atoms with van der Waals surface area (Å²) in [6, 6.07) is 74.9. The molecule has 0 spiro atoms. The smallest absolute Gasteiger partial charge is 0.296 e. The summed E-state index contributed by atoms with van der Waals surface area (Å²) in [6.07, 6.45) is 1.56. The van der Waals surface area contributed by atoms with Crippen LogP contribution in [0, 0.1) is 27.7 Å². The summed E-state index contributed by atoms with van der Waals surface area (Å²) in [6.45, 7) is 11.8. The molecule has 0 aliphatic heterocycles. The van der Waals surface area contributed by atoms with Crippen molar-refractivity contribution in [2.75, 3.05) is 34.5 Å². The molecule has 0 fully saturated rings. The van der Waals surface area contributed by atoms with E-state index < -0.39 is 50.3 Å². The maximum absolute atomic E-state index is 12.8. The second-order valence-electron chi connectivity index (χ2n) is 30.9. The number of hydrogen-bond acceptors (Lipinski definition) is 36. The summed E-state index contributed by atoms with van der Waals surface area (Å²) in [5.74, 6) is 1.80. The van der Waals surface area contributed by atoms with E-state index in [0.717, 1.165) is 28.8 Å². The first-order valence-corrected chi connectivity index (χ1v) is 48.5. The van der Waals surface area contributed by atoms with Crippen LogP contribution in [0.5, 0.6) is 11.5 Å². The predicted octanol–water partition coefficient (Wildman–Crippen LogP) is 27.3. The molecule has 0 saturated carbocycles. The van der Waals surface area contributed by atoms with E-state index in [2.05, 4.69) is 103 Å². The molecule has 2 aromatic heterocycles. The third kappa shape index (κ3) is 27.3. The molecule has 0 saturated heterocycles. The maximum atomic E-state index is 12.8. The van der Waals surface area contributed by atoms with Gasteiger partial charge in [-0.15, -0.1) is 10.2 Å². The van der Waals surface area contributed by atoms with Gasteiger partial charge in [0.15, 0.2) is 0 Å². The van der Waals surface area contributed by atoms with Gasteiger partial charge in [0, 0.05) is 47.6 Å². The van der Waals surface area contributed by atoms with Gasteiger partial charge in [-0.1, -0.05) is 62.4 Å². The Bertz CT molecular complexity index is 7400. The Labute approximate surface area is 802 Å². The molecular formula is C96H84N26O14S4. The normalized spacial score (nSPS) is 12.2. The van der Waals surface area contributed by atoms with Crippen molar-refractivity contribution in [1.82, 2.24) is 29.9 Å². The molecule has 0 aliphatic carbocycles. The molecule has 44 heteroatoms. The minimum atomic E-state index is -4.85. The number of aromatic nitrogens is 6. The Kier molecular flexibility index (Phi) is 30.9. The molecular weight excluding hydrogens is 1870 g/mol. The van der Waals surface area contributed by atoms with Gasteiger partial charge in [-0.25, -0.2) is 4.98 Å². The molecule has 0 radical (unpaired) electrons. The Hall–Kier alpha value is -16.9.